The second kappa shape index (κ2) is 9.48. The molecule has 0 spiro atoms. The number of halogens is 1. The average molecular weight is 399 g/mol. The van der Waals surface area contributed by atoms with Crippen LogP contribution in [0.4, 0.5) is 5.69 Å². The number of nitrogens with one attached hydrogen (secondary N) is 1. The minimum Gasteiger partial charge on any atom is -0.338 e. The molecule has 0 aliphatic rings. The molecule has 0 fully saturated rings. The van der Waals surface area contributed by atoms with Crippen molar-refractivity contribution in [3.63, 3.8) is 0 Å². The van der Waals surface area contributed by atoms with Crippen molar-refractivity contribution in [2.75, 3.05) is 18.4 Å². The Morgan fingerprint density at radius 3 is 2.64 bits per heavy atom. The van der Waals surface area contributed by atoms with E-state index in [0.717, 1.165) is 29.8 Å². The molecule has 0 aliphatic carbocycles. The van der Waals surface area contributed by atoms with Gasteiger partial charge in [0.2, 0.25) is 17.6 Å². The first kappa shape index (κ1) is 20.0. The van der Waals surface area contributed by atoms with Gasteiger partial charge in [-0.2, -0.15) is 4.98 Å². The van der Waals surface area contributed by atoms with Gasteiger partial charge in [0.1, 0.15) is 0 Å². The highest BCUT2D eigenvalue weighted by molar-refractivity contribution is 6.30. The number of carbonyl (C=O) groups is 1. The van der Waals surface area contributed by atoms with Gasteiger partial charge in [0.15, 0.2) is 0 Å². The van der Waals surface area contributed by atoms with Crippen LogP contribution in [0.1, 0.15) is 24.8 Å². The highest BCUT2D eigenvalue weighted by atomic mass is 35.5. The summed E-state index contributed by atoms with van der Waals surface area (Å²) in [6, 6.07) is 15.0. The molecule has 0 bridgehead atoms. The molecule has 28 heavy (non-hydrogen) atoms. The standard InChI is InChI=1S/C21H23ClN4O2/c1-3-12-26(13-19(27)23-18-7-5-4-6-15(18)2)14-20-24-21(25-28-20)16-8-10-17(22)11-9-16/h4-11H,3,12-14H2,1-2H3,(H,23,27). The first-order valence-corrected chi connectivity index (χ1v) is 9.59. The van der Waals surface area contributed by atoms with Crippen molar-refractivity contribution in [1.29, 1.82) is 0 Å². The van der Waals surface area contributed by atoms with Gasteiger partial charge >= 0.3 is 0 Å². The monoisotopic (exact) mass is 398 g/mol. The molecule has 7 heteroatoms. The number of para-hydroxylation sites is 1. The third kappa shape index (κ3) is 5.41. The smallest absolute Gasteiger partial charge is 0.241 e. The fraction of sp³-hybridized carbons (Fsp3) is 0.286. The van der Waals surface area contributed by atoms with Crippen LogP contribution in [0, 0.1) is 6.92 Å². The number of aryl methyl sites for hydroxylation is 1. The van der Waals surface area contributed by atoms with Crippen LogP contribution in [0.5, 0.6) is 0 Å². The summed E-state index contributed by atoms with van der Waals surface area (Å²) in [5, 5.41) is 7.65. The minimum atomic E-state index is -0.0693. The Kier molecular flexibility index (Phi) is 6.79. The van der Waals surface area contributed by atoms with E-state index in [1.165, 1.54) is 0 Å². The van der Waals surface area contributed by atoms with E-state index >= 15 is 0 Å². The van der Waals surface area contributed by atoms with E-state index in [4.69, 9.17) is 16.1 Å². The van der Waals surface area contributed by atoms with Gasteiger partial charge < -0.3 is 9.84 Å². The van der Waals surface area contributed by atoms with Crippen LogP contribution in [-0.2, 0) is 11.3 Å². The predicted molar refractivity (Wildman–Crippen MR) is 110 cm³/mol. The zero-order chi connectivity index (χ0) is 19.9. The largest absolute Gasteiger partial charge is 0.338 e. The van der Waals surface area contributed by atoms with Gasteiger partial charge in [-0.15, -0.1) is 0 Å². The van der Waals surface area contributed by atoms with E-state index in [9.17, 15) is 4.79 Å². The summed E-state index contributed by atoms with van der Waals surface area (Å²) in [6.07, 6.45) is 0.913. The molecule has 6 nitrogen and oxygen atoms in total. The summed E-state index contributed by atoms with van der Waals surface area (Å²) in [4.78, 5) is 18.9. The van der Waals surface area contributed by atoms with Crippen molar-refractivity contribution in [1.82, 2.24) is 15.0 Å². The number of nitrogens with zero attached hydrogens (tertiary/aromatic N) is 3. The fourth-order valence-corrected chi connectivity index (χ4v) is 2.99. The quantitative estimate of drug-likeness (QED) is 0.602. The van der Waals surface area contributed by atoms with Gasteiger partial charge in [-0.1, -0.05) is 41.9 Å². The molecule has 1 amide bonds. The minimum absolute atomic E-state index is 0.0693. The first-order valence-electron chi connectivity index (χ1n) is 9.21. The van der Waals surface area contributed by atoms with Gasteiger partial charge in [0, 0.05) is 16.3 Å². The molecule has 1 N–H and O–H groups in total. The maximum absolute atomic E-state index is 12.5. The number of amides is 1. The molecule has 1 aromatic heterocycles. The predicted octanol–water partition coefficient (Wildman–Crippen LogP) is 4.55. The van der Waals surface area contributed by atoms with E-state index in [-0.39, 0.29) is 12.5 Å². The molecule has 0 saturated carbocycles. The van der Waals surface area contributed by atoms with E-state index in [1.54, 1.807) is 12.1 Å². The lowest BCUT2D eigenvalue weighted by atomic mass is 10.2. The maximum atomic E-state index is 12.5. The molecule has 0 unspecified atom stereocenters. The van der Waals surface area contributed by atoms with Crippen LogP contribution < -0.4 is 5.32 Å². The molecule has 0 radical (unpaired) electrons. The number of aromatic nitrogens is 2. The lowest BCUT2D eigenvalue weighted by molar-refractivity contribution is -0.117. The van der Waals surface area contributed by atoms with Crippen LogP contribution in [0.3, 0.4) is 0 Å². The summed E-state index contributed by atoms with van der Waals surface area (Å²) >= 11 is 5.92. The lowest BCUT2D eigenvalue weighted by Crippen LogP contribution is -2.33. The van der Waals surface area contributed by atoms with Crippen LogP contribution >= 0.6 is 11.6 Å². The molecule has 3 aromatic rings. The van der Waals surface area contributed by atoms with E-state index in [2.05, 4.69) is 22.4 Å². The Bertz CT molecular complexity index is 924. The van der Waals surface area contributed by atoms with Crippen LogP contribution in [0.25, 0.3) is 11.4 Å². The Morgan fingerprint density at radius 2 is 1.93 bits per heavy atom. The third-order valence-corrected chi connectivity index (χ3v) is 4.51. The molecule has 0 saturated heterocycles. The summed E-state index contributed by atoms with van der Waals surface area (Å²) in [7, 11) is 0. The van der Waals surface area contributed by atoms with E-state index in [1.807, 2.05) is 48.2 Å². The van der Waals surface area contributed by atoms with Crippen molar-refractivity contribution in [3.05, 3.63) is 65.0 Å². The average Bonchev–Trinajstić information content (AvgIpc) is 3.13. The van der Waals surface area contributed by atoms with Crippen molar-refractivity contribution in [3.8, 4) is 11.4 Å². The number of hydrogen-bond acceptors (Lipinski definition) is 5. The molecule has 0 aliphatic heterocycles. The second-order valence-electron chi connectivity index (χ2n) is 6.59. The van der Waals surface area contributed by atoms with Crippen molar-refractivity contribution in [2.45, 2.75) is 26.8 Å². The maximum Gasteiger partial charge on any atom is 0.241 e. The highest BCUT2D eigenvalue weighted by Gasteiger charge is 2.16. The molecular formula is C21H23ClN4O2. The van der Waals surface area contributed by atoms with Gasteiger partial charge in [0.25, 0.3) is 0 Å². The third-order valence-electron chi connectivity index (χ3n) is 4.26. The topological polar surface area (TPSA) is 71.3 Å². The Labute approximate surface area is 169 Å². The van der Waals surface area contributed by atoms with Crippen LogP contribution in [-0.4, -0.2) is 34.0 Å². The molecule has 3 rings (SSSR count). The van der Waals surface area contributed by atoms with Gasteiger partial charge in [-0.25, -0.2) is 0 Å². The summed E-state index contributed by atoms with van der Waals surface area (Å²) in [6.45, 7) is 5.45. The van der Waals surface area contributed by atoms with Crippen LogP contribution in [0.2, 0.25) is 5.02 Å². The molecule has 146 valence electrons. The second-order valence-corrected chi connectivity index (χ2v) is 7.03. The van der Waals surface area contributed by atoms with Crippen molar-refractivity contribution in [2.24, 2.45) is 0 Å². The van der Waals surface area contributed by atoms with Gasteiger partial charge in [-0.05, 0) is 55.8 Å². The van der Waals surface area contributed by atoms with Crippen molar-refractivity contribution >= 4 is 23.2 Å². The van der Waals surface area contributed by atoms with E-state index < -0.39 is 0 Å². The number of benzene rings is 2. The number of anilines is 1. The highest BCUT2D eigenvalue weighted by Crippen LogP contribution is 2.19. The zero-order valence-electron chi connectivity index (χ0n) is 16.0. The Hall–Kier alpha value is -2.70. The normalized spacial score (nSPS) is 11.0. The van der Waals surface area contributed by atoms with Gasteiger partial charge in [-0.3, -0.25) is 9.69 Å². The molecular weight excluding hydrogens is 376 g/mol. The molecule has 0 atom stereocenters. The van der Waals surface area contributed by atoms with E-state index in [0.29, 0.717) is 23.3 Å². The Morgan fingerprint density at radius 1 is 1.18 bits per heavy atom. The summed E-state index contributed by atoms with van der Waals surface area (Å²) in [5.74, 6) is 0.912. The number of rotatable bonds is 8. The summed E-state index contributed by atoms with van der Waals surface area (Å²) in [5.41, 5.74) is 2.69. The summed E-state index contributed by atoms with van der Waals surface area (Å²) < 4.78 is 5.38. The molecule has 1 heterocycles. The Balaban J connectivity index is 1.63. The first-order chi connectivity index (χ1) is 13.5. The number of carbonyl (C=O) groups excluding carboxylic acids is 1. The zero-order valence-corrected chi connectivity index (χ0v) is 16.7. The van der Waals surface area contributed by atoms with Crippen LogP contribution in [0.15, 0.2) is 53.1 Å². The molecule has 2 aromatic carbocycles. The van der Waals surface area contributed by atoms with Crippen molar-refractivity contribution < 1.29 is 9.32 Å². The van der Waals surface area contributed by atoms with Gasteiger partial charge in [0.05, 0.1) is 13.1 Å². The SMILES string of the molecule is CCCN(CC(=O)Nc1ccccc1C)Cc1nc(-c2ccc(Cl)cc2)no1. The lowest BCUT2D eigenvalue weighted by Gasteiger charge is -2.19. The fourth-order valence-electron chi connectivity index (χ4n) is 2.86. The number of hydrogen-bond donors (Lipinski definition) is 1.